The van der Waals surface area contributed by atoms with Gasteiger partial charge in [0.25, 0.3) is 10.2 Å². The zero-order chi connectivity index (χ0) is 18.7. The molecule has 2 aliphatic rings. The molecular formula is C17H27ClN4O4S. The summed E-state index contributed by atoms with van der Waals surface area (Å²) in [7, 11) is -3.49. The van der Waals surface area contributed by atoms with Crippen LogP contribution in [0.1, 0.15) is 17.2 Å². The fourth-order valence-electron chi connectivity index (χ4n) is 3.19. The van der Waals surface area contributed by atoms with Gasteiger partial charge in [-0.05, 0) is 12.5 Å². The van der Waals surface area contributed by atoms with Crippen LogP contribution in [0.4, 0.5) is 0 Å². The Kier molecular flexibility index (Phi) is 7.61. The molecule has 1 atom stereocenters. The third kappa shape index (κ3) is 4.98. The topological polar surface area (TPSA) is 96.2 Å². The quantitative estimate of drug-likeness (QED) is 0.750. The summed E-state index contributed by atoms with van der Waals surface area (Å²) < 4.78 is 33.5. The molecule has 152 valence electrons. The van der Waals surface area contributed by atoms with E-state index >= 15 is 0 Å². The molecule has 27 heavy (non-hydrogen) atoms. The van der Waals surface area contributed by atoms with Gasteiger partial charge in [0.05, 0.1) is 13.2 Å². The Morgan fingerprint density at radius 1 is 1.00 bits per heavy atom. The number of benzene rings is 1. The first-order valence-electron chi connectivity index (χ1n) is 8.83. The smallest absolute Gasteiger partial charge is 0.282 e. The number of piperazine rings is 1. The zero-order valence-corrected chi connectivity index (χ0v) is 17.0. The predicted octanol–water partition coefficient (Wildman–Crippen LogP) is 0.138. The molecule has 0 spiro atoms. The first-order chi connectivity index (χ1) is 12.4. The summed E-state index contributed by atoms with van der Waals surface area (Å²) in [6, 6.07) is 6.84. The van der Waals surface area contributed by atoms with Crippen molar-refractivity contribution in [3.8, 4) is 0 Å². The second-order valence-electron chi connectivity index (χ2n) is 6.63. The number of nitrogens with zero attached hydrogens (tertiary/aromatic N) is 3. The van der Waals surface area contributed by atoms with Gasteiger partial charge in [-0.25, -0.2) is 0 Å². The number of carbonyl (C=O) groups excluding carboxylic acids is 1. The van der Waals surface area contributed by atoms with E-state index in [0.717, 1.165) is 11.1 Å². The van der Waals surface area contributed by atoms with Crippen molar-refractivity contribution in [1.29, 1.82) is 0 Å². The third-order valence-corrected chi connectivity index (χ3v) is 6.91. The molecule has 1 amide bonds. The summed E-state index contributed by atoms with van der Waals surface area (Å²) in [5, 5.41) is 0. The SMILES string of the molecule is Cc1ccc(C(N)C(=O)N2CCN(S(=O)(=O)N3CCOCC3)CC2)cc1.Cl. The van der Waals surface area contributed by atoms with E-state index in [4.69, 9.17) is 10.5 Å². The summed E-state index contributed by atoms with van der Waals surface area (Å²) in [6.45, 7) is 4.83. The molecule has 1 aromatic rings. The van der Waals surface area contributed by atoms with Crippen molar-refractivity contribution in [3.63, 3.8) is 0 Å². The Morgan fingerprint density at radius 2 is 1.52 bits per heavy atom. The highest BCUT2D eigenvalue weighted by molar-refractivity contribution is 7.86. The molecule has 1 unspecified atom stereocenters. The third-order valence-electron chi connectivity index (χ3n) is 4.88. The molecule has 0 bridgehead atoms. The van der Waals surface area contributed by atoms with E-state index in [1.165, 1.54) is 8.61 Å². The van der Waals surface area contributed by atoms with E-state index in [1.54, 1.807) is 4.90 Å². The van der Waals surface area contributed by atoms with Crippen molar-refractivity contribution >= 4 is 28.5 Å². The average molecular weight is 419 g/mol. The van der Waals surface area contributed by atoms with Gasteiger partial charge >= 0.3 is 0 Å². The largest absolute Gasteiger partial charge is 0.379 e. The van der Waals surface area contributed by atoms with E-state index in [0.29, 0.717) is 39.4 Å². The van der Waals surface area contributed by atoms with Gasteiger partial charge in [0, 0.05) is 39.3 Å². The molecule has 2 heterocycles. The fraction of sp³-hybridized carbons (Fsp3) is 0.588. The van der Waals surface area contributed by atoms with Crippen LogP contribution in [0.5, 0.6) is 0 Å². The van der Waals surface area contributed by atoms with Gasteiger partial charge in [-0.1, -0.05) is 29.8 Å². The Labute approximate surface area is 166 Å². The highest BCUT2D eigenvalue weighted by Crippen LogP contribution is 2.18. The van der Waals surface area contributed by atoms with Crippen LogP contribution in [-0.4, -0.2) is 80.3 Å². The van der Waals surface area contributed by atoms with Gasteiger partial charge in [0.2, 0.25) is 5.91 Å². The van der Waals surface area contributed by atoms with E-state index in [2.05, 4.69) is 0 Å². The molecule has 2 fully saturated rings. The molecule has 0 aliphatic carbocycles. The highest BCUT2D eigenvalue weighted by Gasteiger charge is 2.35. The highest BCUT2D eigenvalue weighted by atomic mass is 35.5. The van der Waals surface area contributed by atoms with Crippen LogP contribution in [0.15, 0.2) is 24.3 Å². The number of hydrogen-bond acceptors (Lipinski definition) is 5. The first-order valence-corrected chi connectivity index (χ1v) is 10.2. The van der Waals surface area contributed by atoms with Gasteiger partial charge in [-0.3, -0.25) is 4.79 Å². The lowest BCUT2D eigenvalue weighted by atomic mass is 10.0. The number of ether oxygens (including phenoxy) is 1. The number of amides is 1. The van der Waals surface area contributed by atoms with Crippen LogP contribution in [0.3, 0.4) is 0 Å². The molecule has 10 heteroatoms. The van der Waals surface area contributed by atoms with Gasteiger partial charge < -0.3 is 15.4 Å². The average Bonchev–Trinajstić information content (AvgIpc) is 2.68. The number of aryl methyl sites for hydroxylation is 1. The molecule has 1 aromatic carbocycles. The summed E-state index contributed by atoms with van der Waals surface area (Å²) in [4.78, 5) is 14.3. The van der Waals surface area contributed by atoms with Crippen LogP contribution < -0.4 is 5.73 Å². The number of hydrogen-bond donors (Lipinski definition) is 1. The normalized spacial score (nSPS) is 20.7. The minimum atomic E-state index is -3.49. The second-order valence-corrected chi connectivity index (χ2v) is 8.56. The van der Waals surface area contributed by atoms with Gasteiger partial charge in [0.1, 0.15) is 6.04 Å². The van der Waals surface area contributed by atoms with Crippen molar-refractivity contribution < 1.29 is 17.9 Å². The molecule has 2 N–H and O–H groups in total. The second kappa shape index (κ2) is 9.31. The Bertz CT molecular complexity index is 730. The van der Waals surface area contributed by atoms with Crippen molar-refractivity contribution in [2.75, 3.05) is 52.5 Å². The standard InChI is InChI=1S/C17H26N4O4S.ClH/c1-14-2-4-15(5-3-14)16(18)17(22)19-6-8-20(9-7-19)26(23,24)21-10-12-25-13-11-21;/h2-5,16H,6-13,18H2,1H3;1H. The van der Waals surface area contributed by atoms with Gasteiger partial charge in [-0.15, -0.1) is 12.4 Å². The van der Waals surface area contributed by atoms with E-state index in [1.807, 2.05) is 31.2 Å². The van der Waals surface area contributed by atoms with E-state index < -0.39 is 16.3 Å². The first kappa shape index (κ1) is 22.1. The minimum Gasteiger partial charge on any atom is -0.379 e. The van der Waals surface area contributed by atoms with Crippen LogP contribution in [0.25, 0.3) is 0 Å². The Hall–Kier alpha value is -1.23. The molecule has 8 nitrogen and oxygen atoms in total. The zero-order valence-electron chi connectivity index (χ0n) is 15.4. The van der Waals surface area contributed by atoms with Gasteiger partial charge in [0.15, 0.2) is 0 Å². The van der Waals surface area contributed by atoms with Gasteiger partial charge in [-0.2, -0.15) is 17.0 Å². The molecular weight excluding hydrogens is 392 g/mol. The summed E-state index contributed by atoms with van der Waals surface area (Å²) in [5.41, 5.74) is 7.99. The van der Waals surface area contributed by atoms with E-state index in [9.17, 15) is 13.2 Å². The van der Waals surface area contributed by atoms with Crippen LogP contribution in [0.2, 0.25) is 0 Å². The molecule has 0 saturated carbocycles. The van der Waals surface area contributed by atoms with Crippen LogP contribution >= 0.6 is 12.4 Å². The van der Waals surface area contributed by atoms with Crippen LogP contribution in [0, 0.1) is 6.92 Å². The monoisotopic (exact) mass is 418 g/mol. The molecule has 2 aliphatic heterocycles. The lowest BCUT2D eigenvalue weighted by molar-refractivity contribution is -0.134. The van der Waals surface area contributed by atoms with Crippen molar-refractivity contribution in [2.45, 2.75) is 13.0 Å². The molecule has 2 saturated heterocycles. The Balaban J connectivity index is 0.00000261. The Morgan fingerprint density at radius 3 is 2.07 bits per heavy atom. The summed E-state index contributed by atoms with van der Waals surface area (Å²) in [5.74, 6) is -0.169. The van der Waals surface area contributed by atoms with Crippen molar-refractivity contribution in [1.82, 2.24) is 13.5 Å². The fourth-order valence-corrected chi connectivity index (χ4v) is 4.75. The summed E-state index contributed by atoms with van der Waals surface area (Å²) in [6.07, 6.45) is 0. The lowest BCUT2D eigenvalue weighted by Crippen LogP contribution is -2.56. The number of morpholine rings is 1. The number of carbonyl (C=O) groups is 1. The molecule has 0 radical (unpaired) electrons. The maximum atomic E-state index is 12.7. The maximum Gasteiger partial charge on any atom is 0.282 e. The predicted molar refractivity (Wildman–Crippen MR) is 105 cm³/mol. The summed E-state index contributed by atoms with van der Waals surface area (Å²) >= 11 is 0. The van der Waals surface area contributed by atoms with E-state index in [-0.39, 0.29) is 31.4 Å². The van der Waals surface area contributed by atoms with Crippen molar-refractivity contribution in [2.24, 2.45) is 5.73 Å². The maximum absolute atomic E-state index is 12.7. The van der Waals surface area contributed by atoms with Crippen LogP contribution in [-0.2, 0) is 19.7 Å². The number of nitrogens with two attached hydrogens (primary N) is 1. The number of rotatable bonds is 4. The minimum absolute atomic E-state index is 0. The molecule has 3 rings (SSSR count). The number of halogens is 1. The molecule has 0 aromatic heterocycles. The van der Waals surface area contributed by atoms with Crippen molar-refractivity contribution in [3.05, 3.63) is 35.4 Å². The lowest BCUT2D eigenvalue weighted by Gasteiger charge is -2.38.